The highest BCUT2D eigenvalue weighted by Crippen LogP contribution is 2.36. The van der Waals surface area contributed by atoms with Gasteiger partial charge in [-0.3, -0.25) is 9.38 Å². The molecule has 0 N–H and O–H groups in total. The summed E-state index contributed by atoms with van der Waals surface area (Å²) >= 11 is 1.72. The van der Waals surface area contributed by atoms with Crippen LogP contribution in [0, 0.1) is 0 Å². The summed E-state index contributed by atoms with van der Waals surface area (Å²) in [7, 11) is 0. The van der Waals surface area contributed by atoms with E-state index in [-0.39, 0.29) is 0 Å². The van der Waals surface area contributed by atoms with Gasteiger partial charge < -0.3 is 0 Å². The fraction of sp³-hybridized carbons (Fsp3) is 0. The Bertz CT molecular complexity index is 1120. The molecule has 3 nitrogen and oxygen atoms in total. The topological polar surface area (TPSA) is 30.2 Å². The van der Waals surface area contributed by atoms with Crippen LogP contribution in [0.4, 0.5) is 0 Å². The molecule has 2 aromatic carbocycles. The van der Waals surface area contributed by atoms with Crippen molar-refractivity contribution in [3.05, 3.63) is 66.9 Å². The van der Waals surface area contributed by atoms with Crippen molar-refractivity contribution < 1.29 is 0 Å². The van der Waals surface area contributed by atoms with Crippen molar-refractivity contribution in [1.82, 2.24) is 14.4 Å². The minimum atomic E-state index is 1.00. The highest BCUT2D eigenvalue weighted by molar-refractivity contribution is 7.24. The predicted molar refractivity (Wildman–Crippen MR) is 91.3 cm³/mol. The zero-order chi connectivity index (χ0) is 14.5. The van der Waals surface area contributed by atoms with E-state index in [1.165, 1.54) is 10.2 Å². The highest BCUT2D eigenvalue weighted by Gasteiger charge is 2.14. The van der Waals surface area contributed by atoms with E-state index in [0.29, 0.717) is 0 Å². The van der Waals surface area contributed by atoms with Crippen LogP contribution in [0.25, 0.3) is 37.5 Å². The summed E-state index contributed by atoms with van der Waals surface area (Å²) in [6.07, 6.45) is 1.84. The first-order valence-corrected chi connectivity index (χ1v) is 7.93. The van der Waals surface area contributed by atoms with E-state index in [1.54, 1.807) is 11.3 Å². The molecule has 0 spiro atoms. The van der Waals surface area contributed by atoms with Crippen LogP contribution in [0.15, 0.2) is 66.9 Å². The third-order valence-electron chi connectivity index (χ3n) is 3.90. The summed E-state index contributed by atoms with van der Waals surface area (Å²) in [4.78, 5) is 10.3. The second-order valence-corrected chi connectivity index (χ2v) is 6.17. The Hall–Kier alpha value is -2.72. The number of thiazole rings is 1. The molecule has 0 atom stereocenters. The van der Waals surface area contributed by atoms with Crippen molar-refractivity contribution in [2.45, 2.75) is 0 Å². The summed E-state index contributed by atoms with van der Waals surface area (Å²) < 4.78 is 3.47. The summed E-state index contributed by atoms with van der Waals surface area (Å²) in [6, 6.07) is 20.7. The number of hydrogen-bond acceptors (Lipinski definition) is 3. The van der Waals surface area contributed by atoms with Crippen LogP contribution >= 0.6 is 11.3 Å². The van der Waals surface area contributed by atoms with Crippen LogP contribution in [-0.4, -0.2) is 14.4 Å². The zero-order valence-corrected chi connectivity index (χ0v) is 12.4. The van der Waals surface area contributed by atoms with Gasteiger partial charge in [0.05, 0.1) is 26.9 Å². The average Bonchev–Trinajstić information content (AvgIpc) is 3.11. The number of nitrogens with zero attached hydrogens (tertiary/aromatic N) is 3. The van der Waals surface area contributed by atoms with Crippen LogP contribution in [0.5, 0.6) is 0 Å². The molecular formula is C18H11N3S. The van der Waals surface area contributed by atoms with E-state index in [1.807, 2.05) is 24.4 Å². The lowest BCUT2D eigenvalue weighted by atomic mass is 10.1. The number of fused-ring (bicyclic) bond motifs is 5. The van der Waals surface area contributed by atoms with Crippen LogP contribution in [0.1, 0.15) is 0 Å². The maximum Gasteiger partial charge on any atom is 0.195 e. The number of imidazole rings is 1. The molecule has 0 radical (unpaired) electrons. The Balaban J connectivity index is 1.94. The second kappa shape index (κ2) is 4.39. The molecule has 0 saturated carbocycles. The lowest BCUT2D eigenvalue weighted by molar-refractivity contribution is 1.33. The Morgan fingerprint density at radius 2 is 1.68 bits per heavy atom. The number of rotatable bonds is 1. The van der Waals surface area contributed by atoms with Gasteiger partial charge in [-0.05, 0) is 30.3 Å². The molecule has 104 valence electrons. The monoisotopic (exact) mass is 301 g/mol. The first-order valence-electron chi connectivity index (χ1n) is 7.12. The molecule has 0 bridgehead atoms. The third kappa shape index (κ3) is 1.55. The molecule has 5 aromatic rings. The lowest BCUT2D eigenvalue weighted by Gasteiger charge is -2.02. The van der Waals surface area contributed by atoms with Crippen molar-refractivity contribution in [3.8, 4) is 11.3 Å². The molecule has 22 heavy (non-hydrogen) atoms. The fourth-order valence-corrected chi connectivity index (χ4v) is 4.09. The van der Waals surface area contributed by atoms with E-state index >= 15 is 0 Å². The van der Waals surface area contributed by atoms with E-state index in [0.717, 1.165) is 27.3 Å². The third-order valence-corrected chi connectivity index (χ3v) is 4.99. The van der Waals surface area contributed by atoms with Crippen molar-refractivity contribution in [1.29, 1.82) is 0 Å². The predicted octanol–water partition coefficient (Wildman–Crippen LogP) is 4.76. The van der Waals surface area contributed by atoms with Crippen LogP contribution in [0.3, 0.4) is 0 Å². The Kier molecular flexibility index (Phi) is 2.37. The van der Waals surface area contributed by atoms with Gasteiger partial charge in [-0.15, -0.1) is 0 Å². The molecule has 0 aliphatic carbocycles. The number of benzene rings is 2. The van der Waals surface area contributed by atoms with Gasteiger partial charge in [0.2, 0.25) is 0 Å². The smallest absolute Gasteiger partial charge is 0.195 e. The molecule has 0 saturated heterocycles. The van der Waals surface area contributed by atoms with Gasteiger partial charge in [-0.1, -0.05) is 41.7 Å². The molecular weight excluding hydrogens is 290 g/mol. The Morgan fingerprint density at radius 1 is 0.818 bits per heavy atom. The lowest BCUT2D eigenvalue weighted by Crippen LogP contribution is -1.84. The van der Waals surface area contributed by atoms with Gasteiger partial charge in [0.25, 0.3) is 0 Å². The quantitative estimate of drug-likeness (QED) is 0.446. The molecule has 0 unspecified atom stereocenters. The number of hydrogen-bond donors (Lipinski definition) is 0. The second-order valence-electron chi connectivity index (χ2n) is 5.19. The molecule has 5 rings (SSSR count). The van der Waals surface area contributed by atoms with Gasteiger partial charge in [0.15, 0.2) is 4.96 Å². The highest BCUT2D eigenvalue weighted by atomic mass is 32.1. The molecule has 0 fully saturated rings. The van der Waals surface area contributed by atoms with Gasteiger partial charge in [0.1, 0.15) is 0 Å². The van der Waals surface area contributed by atoms with E-state index in [9.17, 15) is 0 Å². The van der Waals surface area contributed by atoms with Gasteiger partial charge in [0, 0.05) is 11.8 Å². The van der Waals surface area contributed by atoms with Crippen LogP contribution < -0.4 is 0 Å². The Labute approximate surface area is 130 Å². The van der Waals surface area contributed by atoms with Gasteiger partial charge in [-0.2, -0.15) is 0 Å². The largest absolute Gasteiger partial charge is 0.283 e. The standard InChI is InChI=1S/C18H11N3S/c1-2-9-15-14(8-1)20-18-21(15)16-10-5-6-12(17(16)22-18)13-7-3-4-11-19-13/h1-11H. The number of para-hydroxylation sites is 2. The number of aromatic nitrogens is 3. The van der Waals surface area contributed by atoms with Crippen molar-refractivity contribution in [3.63, 3.8) is 0 Å². The first kappa shape index (κ1) is 11.9. The summed E-state index contributed by atoms with van der Waals surface area (Å²) in [5.74, 6) is 0. The molecule has 3 aromatic heterocycles. The van der Waals surface area contributed by atoms with E-state index < -0.39 is 0 Å². The minimum Gasteiger partial charge on any atom is -0.283 e. The van der Waals surface area contributed by atoms with Crippen molar-refractivity contribution in [2.24, 2.45) is 0 Å². The normalized spacial score (nSPS) is 11.6. The SMILES string of the molecule is c1ccc(-c2cccc3c2sc2nc4ccccc4n23)nc1. The molecule has 0 aliphatic rings. The molecule has 3 heterocycles. The Morgan fingerprint density at radius 3 is 2.59 bits per heavy atom. The van der Waals surface area contributed by atoms with E-state index in [4.69, 9.17) is 4.98 Å². The molecule has 4 heteroatoms. The summed E-state index contributed by atoms with van der Waals surface area (Å²) in [5, 5.41) is 0. The van der Waals surface area contributed by atoms with Crippen molar-refractivity contribution >= 4 is 37.5 Å². The van der Waals surface area contributed by atoms with E-state index in [2.05, 4.69) is 51.8 Å². The first-order chi connectivity index (χ1) is 10.9. The van der Waals surface area contributed by atoms with Gasteiger partial charge >= 0.3 is 0 Å². The molecule has 0 amide bonds. The van der Waals surface area contributed by atoms with Crippen molar-refractivity contribution in [2.75, 3.05) is 0 Å². The van der Waals surface area contributed by atoms with Crippen LogP contribution in [0.2, 0.25) is 0 Å². The maximum atomic E-state index is 4.75. The maximum absolute atomic E-state index is 4.75. The average molecular weight is 301 g/mol. The zero-order valence-electron chi connectivity index (χ0n) is 11.6. The van der Waals surface area contributed by atoms with Gasteiger partial charge in [-0.25, -0.2) is 4.98 Å². The number of pyridine rings is 1. The van der Waals surface area contributed by atoms with Crippen LogP contribution in [-0.2, 0) is 0 Å². The molecule has 0 aliphatic heterocycles. The minimum absolute atomic E-state index is 1.00. The summed E-state index contributed by atoms with van der Waals surface area (Å²) in [5.41, 5.74) is 5.55. The summed E-state index contributed by atoms with van der Waals surface area (Å²) in [6.45, 7) is 0. The fourth-order valence-electron chi connectivity index (χ4n) is 2.93.